The molecule has 0 N–H and O–H groups in total. The van der Waals surface area contributed by atoms with Crippen LogP contribution in [0.4, 0.5) is 5.69 Å². The second-order valence-electron chi connectivity index (χ2n) is 9.44. The minimum absolute atomic E-state index is 0.0602. The maximum Gasteiger partial charge on any atom is 0.214 e. The standard InChI is InChI=1S/C23H30N2O5/c1-27-16-13-15-18(20(29-3)19(16)28-2)25(14-26)17-5-7-21-6-4-10-24-11-8-22(15,17)23(21,24)30-12-9-21/h13-14,17H,4-12H2,1-3H3. The molecule has 0 bridgehead atoms. The van der Waals surface area contributed by atoms with E-state index in [0.29, 0.717) is 17.2 Å². The van der Waals surface area contributed by atoms with E-state index in [1.807, 2.05) is 4.90 Å². The minimum Gasteiger partial charge on any atom is -0.493 e. The Hall–Kier alpha value is -1.99. The fourth-order valence-electron chi connectivity index (χ4n) is 8.20. The number of benzene rings is 1. The molecule has 162 valence electrons. The van der Waals surface area contributed by atoms with Gasteiger partial charge in [0.05, 0.1) is 38.5 Å². The summed E-state index contributed by atoms with van der Waals surface area (Å²) in [7, 11) is 4.90. The Morgan fingerprint density at radius 3 is 2.63 bits per heavy atom. The van der Waals surface area contributed by atoms with E-state index in [0.717, 1.165) is 63.0 Å². The van der Waals surface area contributed by atoms with Crippen LogP contribution in [0.5, 0.6) is 17.2 Å². The number of rotatable bonds is 4. The molecule has 7 heteroatoms. The molecule has 1 aromatic rings. The number of amides is 1. The maximum absolute atomic E-state index is 12.5. The van der Waals surface area contributed by atoms with Gasteiger partial charge >= 0.3 is 0 Å². The van der Waals surface area contributed by atoms with Crippen LogP contribution >= 0.6 is 0 Å². The molecule has 4 aliphatic heterocycles. The van der Waals surface area contributed by atoms with Gasteiger partial charge in [0.2, 0.25) is 12.2 Å². The van der Waals surface area contributed by atoms with Gasteiger partial charge in [0, 0.05) is 25.1 Å². The third-order valence-electron chi connectivity index (χ3n) is 8.98. The van der Waals surface area contributed by atoms with Gasteiger partial charge in [-0.2, -0.15) is 0 Å². The van der Waals surface area contributed by atoms with Gasteiger partial charge in [-0.05, 0) is 50.2 Å². The van der Waals surface area contributed by atoms with E-state index < -0.39 is 0 Å². The van der Waals surface area contributed by atoms with Crippen molar-refractivity contribution >= 4 is 12.1 Å². The number of piperidine rings is 1. The molecule has 4 unspecified atom stereocenters. The molecule has 6 rings (SSSR count). The number of methoxy groups -OCH3 is 3. The topological polar surface area (TPSA) is 60.5 Å². The van der Waals surface area contributed by atoms with Crippen molar-refractivity contribution in [3.05, 3.63) is 11.6 Å². The van der Waals surface area contributed by atoms with Gasteiger partial charge in [-0.3, -0.25) is 9.69 Å². The van der Waals surface area contributed by atoms with Gasteiger partial charge in [0.1, 0.15) is 5.72 Å². The first kappa shape index (κ1) is 18.8. The molecule has 3 saturated heterocycles. The van der Waals surface area contributed by atoms with Gasteiger partial charge in [-0.1, -0.05) is 0 Å². The van der Waals surface area contributed by atoms with E-state index >= 15 is 0 Å². The first-order chi connectivity index (χ1) is 14.6. The summed E-state index contributed by atoms with van der Waals surface area (Å²) in [6, 6.07) is 2.16. The van der Waals surface area contributed by atoms with Crippen molar-refractivity contribution in [1.82, 2.24) is 4.90 Å². The van der Waals surface area contributed by atoms with Crippen molar-refractivity contribution in [2.75, 3.05) is 45.9 Å². The highest BCUT2D eigenvalue weighted by Crippen LogP contribution is 2.74. The SMILES string of the molecule is COc1cc2c(c(OC)c1OC)N(C=O)C1CCC34CCCN5CCC21C53OCC4. The highest BCUT2D eigenvalue weighted by molar-refractivity contribution is 5.90. The summed E-state index contributed by atoms with van der Waals surface area (Å²) < 4.78 is 24.1. The first-order valence-corrected chi connectivity index (χ1v) is 11.1. The van der Waals surface area contributed by atoms with Gasteiger partial charge < -0.3 is 23.8 Å². The molecule has 4 fully saturated rings. The normalized spacial score (nSPS) is 38.5. The number of carbonyl (C=O) groups excluding carboxylic acids is 1. The molecule has 4 atom stereocenters. The zero-order chi connectivity index (χ0) is 20.7. The zero-order valence-electron chi connectivity index (χ0n) is 18.0. The first-order valence-electron chi connectivity index (χ1n) is 11.1. The van der Waals surface area contributed by atoms with E-state index in [1.54, 1.807) is 21.3 Å². The molecule has 30 heavy (non-hydrogen) atoms. The van der Waals surface area contributed by atoms with Crippen LogP contribution in [0.25, 0.3) is 0 Å². The van der Waals surface area contributed by atoms with Crippen LogP contribution in [0.3, 0.4) is 0 Å². The number of anilines is 1. The average molecular weight is 415 g/mol. The second kappa shape index (κ2) is 6.04. The van der Waals surface area contributed by atoms with E-state index in [9.17, 15) is 4.79 Å². The fourth-order valence-corrected chi connectivity index (χ4v) is 8.20. The lowest BCUT2D eigenvalue weighted by Gasteiger charge is -2.62. The summed E-state index contributed by atoms with van der Waals surface area (Å²) in [5.74, 6) is 1.76. The summed E-state index contributed by atoms with van der Waals surface area (Å²) in [4.78, 5) is 17.0. The quantitative estimate of drug-likeness (QED) is 0.706. The summed E-state index contributed by atoms with van der Waals surface area (Å²) >= 11 is 0. The number of hydrogen-bond acceptors (Lipinski definition) is 6. The zero-order valence-corrected chi connectivity index (χ0v) is 18.0. The molecule has 1 aromatic carbocycles. The Morgan fingerprint density at radius 1 is 1.07 bits per heavy atom. The van der Waals surface area contributed by atoms with Gasteiger partial charge in [0.25, 0.3) is 0 Å². The molecule has 7 nitrogen and oxygen atoms in total. The third-order valence-corrected chi connectivity index (χ3v) is 8.98. The van der Waals surface area contributed by atoms with E-state index in [2.05, 4.69) is 11.0 Å². The predicted molar refractivity (Wildman–Crippen MR) is 110 cm³/mol. The van der Waals surface area contributed by atoms with Crippen molar-refractivity contribution in [2.45, 2.75) is 55.7 Å². The Labute approximate surface area is 177 Å². The smallest absolute Gasteiger partial charge is 0.214 e. The van der Waals surface area contributed by atoms with Crippen LogP contribution in [0.1, 0.15) is 44.1 Å². The van der Waals surface area contributed by atoms with Crippen molar-refractivity contribution in [3.63, 3.8) is 0 Å². The molecule has 0 radical (unpaired) electrons. The van der Waals surface area contributed by atoms with Crippen molar-refractivity contribution < 1.29 is 23.7 Å². The van der Waals surface area contributed by atoms with E-state index in [-0.39, 0.29) is 22.6 Å². The molecule has 1 amide bonds. The van der Waals surface area contributed by atoms with Crippen molar-refractivity contribution in [3.8, 4) is 17.2 Å². The van der Waals surface area contributed by atoms with Crippen LogP contribution in [0.15, 0.2) is 6.07 Å². The molecule has 1 saturated carbocycles. The lowest BCUT2D eigenvalue weighted by atomic mass is 9.50. The summed E-state index contributed by atoms with van der Waals surface area (Å²) in [6.45, 7) is 2.87. The molecule has 4 heterocycles. The molecule has 1 aliphatic carbocycles. The Morgan fingerprint density at radius 2 is 1.90 bits per heavy atom. The van der Waals surface area contributed by atoms with Gasteiger partial charge in [0.15, 0.2) is 11.5 Å². The number of carbonyl (C=O) groups is 1. The molecule has 0 aromatic heterocycles. The predicted octanol–water partition coefficient (Wildman–Crippen LogP) is 2.69. The van der Waals surface area contributed by atoms with Crippen LogP contribution in [-0.4, -0.2) is 64.1 Å². The largest absolute Gasteiger partial charge is 0.493 e. The monoisotopic (exact) mass is 414 g/mol. The van der Waals surface area contributed by atoms with Gasteiger partial charge in [-0.25, -0.2) is 0 Å². The summed E-state index contributed by atoms with van der Waals surface area (Å²) in [6.07, 6.45) is 7.60. The van der Waals surface area contributed by atoms with Crippen molar-refractivity contribution in [2.24, 2.45) is 5.41 Å². The molecule has 2 spiro atoms. The number of nitrogens with zero attached hydrogens (tertiary/aromatic N) is 2. The average Bonchev–Trinajstić information content (AvgIpc) is 3.42. The highest BCUT2D eigenvalue weighted by atomic mass is 16.5. The summed E-state index contributed by atoms with van der Waals surface area (Å²) in [5, 5.41) is 0. The van der Waals surface area contributed by atoms with E-state index in [1.165, 1.54) is 12.8 Å². The van der Waals surface area contributed by atoms with Gasteiger partial charge in [-0.15, -0.1) is 0 Å². The second-order valence-corrected chi connectivity index (χ2v) is 9.44. The van der Waals surface area contributed by atoms with E-state index in [4.69, 9.17) is 18.9 Å². The Bertz CT molecular complexity index is 921. The Kier molecular flexibility index (Phi) is 3.77. The van der Waals surface area contributed by atoms with Crippen LogP contribution in [-0.2, 0) is 14.9 Å². The lowest BCUT2D eigenvalue weighted by molar-refractivity contribution is -0.232. The van der Waals surface area contributed by atoms with Crippen molar-refractivity contribution in [1.29, 1.82) is 0 Å². The van der Waals surface area contributed by atoms with Crippen LogP contribution in [0.2, 0.25) is 0 Å². The maximum atomic E-state index is 12.5. The lowest BCUT2D eigenvalue weighted by Crippen LogP contribution is -2.72. The molecule has 5 aliphatic rings. The third kappa shape index (κ3) is 1.73. The number of ether oxygens (including phenoxy) is 4. The highest BCUT2D eigenvalue weighted by Gasteiger charge is 2.79. The fraction of sp³-hybridized carbons (Fsp3) is 0.696. The molecular weight excluding hydrogens is 384 g/mol. The summed E-state index contributed by atoms with van der Waals surface area (Å²) in [5.41, 5.74) is 1.51. The van der Waals surface area contributed by atoms with Crippen LogP contribution in [0, 0.1) is 5.41 Å². The minimum atomic E-state index is -0.349. The molecular formula is C23H30N2O5. The number of fused-ring (bicyclic) bond motifs is 1. The number of hydrogen-bond donors (Lipinski definition) is 0. The van der Waals surface area contributed by atoms with Crippen LogP contribution < -0.4 is 19.1 Å². The Balaban J connectivity index is 1.69.